The van der Waals surface area contributed by atoms with Crippen molar-refractivity contribution in [2.75, 3.05) is 19.6 Å². The average Bonchev–Trinajstić information content (AvgIpc) is 1.86. The van der Waals surface area contributed by atoms with Crippen LogP contribution < -0.4 is 5.73 Å². The van der Waals surface area contributed by atoms with E-state index in [0.717, 1.165) is 19.6 Å². The minimum Gasteiger partial charge on any atom is -0.327 e. The van der Waals surface area contributed by atoms with Crippen molar-refractivity contribution in [1.82, 2.24) is 4.90 Å². The maximum atomic E-state index is 5.62. The summed E-state index contributed by atoms with van der Waals surface area (Å²) in [7, 11) is 0. The standard InChI is InChI=1S/C8H18N2/c1-4-6-10(5-2)7-8(3)9/h4,8H,1,5-7,9H2,2-3H3/t8-/m0/s1. The smallest absolute Gasteiger partial charge is 0.0161 e. The summed E-state index contributed by atoms with van der Waals surface area (Å²) in [5.41, 5.74) is 5.62. The Hall–Kier alpha value is -0.340. The third kappa shape index (κ3) is 4.53. The molecule has 10 heavy (non-hydrogen) atoms. The van der Waals surface area contributed by atoms with Gasteiger partial charge in [-0.15, -0.1) is 6.58 Å². The highest BCUT2D eigenvalue weighted by Crippen LogP contribution is 1.89. The zero-order valence-electron chi connectivity index (χ0n) is 7.01. The zero-order chi connectivity index (χ0) is 7.98. The Labute approximate surface area is 63.7 Å². The van der Waals surface area contributed by atoms with Crippen LogP contribution in [0.25, 0.3) is 0 Å². The van der Waals surface area contributed by atoms with Crippen molar-refractivity contribution in [1.29, 1.82) is 0 Å². The Morgan fingerprint density at radius 2 is 2.30 bits per heavy atom. The van der Waals surface area contributed by atoms with Gasteiger partial charge in [-0.2, -0.15) is 0 Å². The van der Waals surface area contributed by atoms with Crippen LogP contribution >= 0.6 is 0 Å². The predicted octanol–water partition coefficient (Wildman–Crippen LogP) is 0.841. The van der Waals surface area contributed by atoms with E-state index in [0.29, 0.717) is 0 Å². The molecular weight excluding hydrogens is 124 g/mol. The molecule has 0 unspecified atom stereocenters. The average molecular weight is 142 g/mol. The van der Waals surface area contributed by atoms with Crippen molar-refractivity contribution in [2.45, 2.75) is 19.9 Å². The second kappa shape index (κ2) is 5.45. The third-order valence-electron chi connectivity index (χ3n) is 1.38. The fourth-order valence-corrected chi connectivity index (χ4v) is 0.923. The normalized spacial score (nSPS) is 13.6. The second-order valence-corrected chi connectivity index (χ2v) is 2.62. The third-order valence-corrected chi connectivity index (χ3v) is 1.38. The summed E-state index contributed by atoms with van der Waals surface area (Å²) in [4.78, 5) is 2.26. The lowest BCUT2D eigenvalue weighted by Gasteiger charge is -2.20. The molecule has 0 aromatic heterocycles. The first-order valence-corrected chi connectivity index (χ1v) is 3.79. The van der Waals surface area contributed by atoms with Gasteiger partial charge < -0.3 is 5.73 Å². The lowest BCUT2D eigenvalue weighted by molar-refractivity contribution is 0.303. The summed E-state index contributed by atoms with van der Waals surface area (Å²) in [5.74, 6) is 0. The van der Waals surface area contributed by atoms with Crippen LogP contribution in [0.4, 0.5) is 0 Å². The summed E-state index contributed by atoms with van der Waals surface area (Å²) in [6.45, 7) is 10.8. The molecule has 1 atom stereocenters. The number of nitrogens with two attached hydrogens (primary N) is 1. The number of hydrogen-bond donors (Lipinski definition) is 1. The van der Waals surface area contributed by atoms with Gasteiger partial charge in [-0.1, -0.05) is 13.0 Å². The van der Waals surface area contributed by atoms with E-state index in [1.807, 2.05) is 13.0 Å². The molecule has 0 fully saturated rings. The summed E-state index contributed by atoms with van der Waals surface area (Å²) >= 11 is 0. The van der Waals surface area contributed by atoms with E-state index in [-0.39, 0.29) is 6.04 Å². The van der Waals surface area contributed by atoms with Crippen molar-refractivity contribution in [2.24, 2.45) is 5.73 Å². The first-order chi connectivity index (χ1) is 4.70. The molecule has 60 valence electrons. The van der Waals surface area contributed by atoms with Crippen molar-refractivity contribution in [3.05, 3.63) is 12.7 Å². The quantitative estimate of drug-likeness (QED) is 0.576. The van der Waals surface area contributed by atoms with E-state index in [1.165, 1.54) is 0 Å². The van der Waals surface area contributed by atoms with E-state index in [1.54, 1.807) is 0 Å². The molecule has 2 nitrogen and oxygen atoms in total. The Morgan fingerprint density at radius 3 is 2.60 bits per heavy atom. The number of hydrogen-bond acceptors (Lipinski definition) is 2. The largest absolute Gasteiger partial charge is 0.327 e. The van der Waals surface area contributed by atoms with Gasteiger partial charge in [0.2, 0.25) is 0 Å². The minimum atomic E-state index is 0.264. The van der Waals surface area contributed by atoms with Crippen molar-refractivity contribution in [3.8, 4) is 0 Å². The molecule has 0 aliphatic rings. The SMILES string of the molecule is C=CCN(CC)C[C@H](C)N. The molecule has 2 N–H and O–H groups in total. The molecule has 0 aliphatic carbocycles. The van der Waals surface area contributed by atoms with Gasteiger partial charge in [-0.3, -0.25) is 4.90 Å². The Balaban J connectivity index is 3.48. The molecule has 0 aromatic carbocycles. The van der Waals surface area contributed by atoms with Crippen LogP contribution in [0.5, 0.6) is 0 Å². The maximum Gasteiger partial charge on any atom is 0.0161 e. The van der Waals surface area contributed by atoms with Crippen LogP contribution in [-0.4, -0.2) is 30.6 Å². The van der Waals surface area contributed by atoms with Crippen molar-refractivity contribution < 1.29 is 0 Å². The molecule has 2 heteroatoms. The van der Waals surface area contributed by atoms with Gasteiger partial charge in [0.15, 0.2) is 0 Å². The van der Waals surface area contributed by atoms with E-state index >= 15 is 0 Å². The molecule has 0 heterocycles. The minimum absolute atomic E-state index is 0.264. The van der Waals surface area contributed by atoms with Gasteiger partial charge in [0.05, 0.1) is 0 Å². The van der Waals surface area contributed by atoms with Gasteiger partial charge in [-0.25, -0.2) is 0 Å². The molecule has 0 spiro atoms. The van der Waals surface area contributed by atoms with E-state index in [2.05, 4.69) is 18.4 Å². The van der Waals surface area contributed by atoms with Crippen LogP contribution in [0, 0.1) is 0 Å². The van der Waals surface area contributed by atoms with Crippen LogP contribution in [0.3, 0.4) is 0 Å². The molecule has 0 saturated heterocycles. The molecule has 0 bridgehead atoms. The van der Waals surface area contributed by atoms with E-state index in [9.17, 15) is 0 Å². The van der Waals surface area contributed by atoms with Gasteiger partial charge in [-0.05, 0) is 13.5 Å². The fourth-order valence-electron chi connectivity index (χ4n) is 0.923. The molecule has 0 aromatic rings. The first kappa shape index (κ1) is 9.66. The van der Waals surface area contributed by atoms with Crippen LogP contribution in [0.1, 0.15) is 13.8 Å². The Kier molecular flexibility index (Phi) is 5.26. The number of likely N-dealkylation sites (N-methyl/N-ethyl adjacent to an activating group) is 1. The number of rotatable bonds is 5. The predicted molar refractivity (Wildman–Crippen MR) is 46.0 cm³/mol. The summed E-state index contributed by atoms with van der Waals surface area (Å²) in [6, 6.07) is 0.264. The number of nitrogens with zero attached hydrogens (tertiary/aromatic N) is 1. The molecular formula is C8H18N2. The van der Waals surface area contributed by atoms with E-state index in [4.69, 9.17) is 5.73 Å². The Bertz CT molecular complexity index is 89.3. The Morgan fingerprint density at radius 1 is 1.70 bits per heavy atom. The molecule has 0 aliphatic heterocycles. The highest BCUT2D eigenvalue weighted by Gasteiger charge is 2.01. The van der Waals surface area contributed by atoms with Crippen molar-refractivity contribution in [3.63, 3.8) is 0 Å². The molecule has 0 saturated carbocycles. The topological polar surface area (TPSA) is 29.3 Å². The summed E-state index contributed by atoms with van der Waals surface area (Å²) in [6.07, 6.45) is 1.91. The van der Waals surface area contributed by atoms with Gasteiger partial charge in [0.1, 0.15) is 0 Å². The monoisotopic (exact) mass is 142 g/mol. The maximum absolute atomic E-state index is 5.62. The lowest BCUT2D eigenvalue weighted by atomic mass is 10.3. The van der Waals surface area contributed by atoms with Gasteiger partial charge in [0, 0.05) is 19.1 Å². The zero-order valence-corrected chi connectivity index (χ0v) is 7.01. The van der Waals surface area contributed by atoms with E-state index < -0.39 is 0 Å². The molecule has 0 rings (SSSR count). The first-order valence-electron chi connectivity index (χ1n) is 3.79. The van der Waals surface area contributed by atoms with Crippen LogP contribution in [-0.2, 0) is 0 Å². The fraction of sp³-hybridized carbons (Fsp3) is 0.750. The van der Waals surface area contributed by atoms with Crippen LogP contribution in [0.2, 0.25) is 0 Å². The van der Waals surface area contributed by atoms with Crippen molar-refractivity contribution >= 4 is 0 Å². The molecule has 0 amide bonds. The summed E-state index contributed by atoms with van der Waals surface area (Å²) in [5, 5.41) is 0. The second-order valence-electron chi connectivity index (χ2n) is 2.62. The highest BCUT2D eigenvalue weighted by molar-refractivity contribution is 4.74. The lowest BCUT2D eigenvalue weighted by Crippen LogP contribution is -2.35. The summed E-state index contributed by atoms with van der Waals surface area (Å²) < 4.78 is 0. The molecule has 0 radical (unpaired) electrons. The highest BCUT2D eigenvalue weighted by atomic mass is 15.1. The van der Waals surface area contributed by atoms with Gasteiger partial charge >= 0.3 is 0 Å². The van der Waals surface area contributed by atoms with Gasteiger partial charge in [0.25, 0.3) is 0 Å². The van der Waals surface area contributed by atoms with Crippen LogP contribution in [0.15, 0.2) is 12.7 Å².